The zero-order valence-corrected chi connectivity index (χ0v) is 9.70. The largest absolute Gasteiger partial charge is 0.459 e. The second-order valence-electron chi connectivity index (χ2n) is 3.83. The molecule has 6 heteroatoms. The number of halogens is 3. The summed E-state index contributed by atoms with van der Waals surface area (Å²) in [6, 6.07) is 10.3. The highest BCUT2D eigenvalue weighted by atomic mass is 19.4. The van der Waals surface area contributed by atoms with Gasteiger partial charge in [0.2, 0.25) is 0 Å². The highest BCUT2D eigenvalue weighted by Crippen LogP contribution is 2.24. The van der Waals surface area contributed by atoms with Crippen LogP contribution in [0.2, 0.25) is 0 Å². The van der Waals surface area contributed by atoms with E-state index in [1.807, 2.05) is 0 Å². The molecule has 0 atom stereocenters. The molecule has 0 saturated carbocycles. The summed E-state index contributed by atoms with van der Waals surface area (Å²) >= 11 is 0. The number of hydrogen-bond donors (Lipinski definition) is 1. The number of alkyl halides is 3. The van der Waals surface area contributed by atoms with E-state index in [0.29, 0.717) is 11.1 Å². The van der Waals surface area contributed by atoms with E-state index < -0.39 is 18.6 Å². The number of hydrogen-bond acceptors (Lipinski definition) is 2. The molecule has 0 unspecified atom stereocenters. The molecule has 0 bridgehead atoms. The first-order valence-electron chi connectivity index (χ1n) is 5.45. The Bertz CT molecular complexity index is 561. The van der Waals surface area contributed by atoms with Gasteiger partial charge in [-0.1, -0.05) is 30.3 Å². The Morgan fingerprint density at radius 3 is 2.47 bits per heavy atom. The van der Waals surface area contributed by atoms with Gasteiger partial charge in [0.05, 0.1) is 6.26 Å². The summed E-state index contributed by atoms with van der Waals surface area (Å²) in [6.07, 6.45) is -3.18. The summed E-state index contributed by atoms with van der Waals surface area (Å²) in [5.41, 5.74) is 1.16. The molecule has 100 valence electrons. The van der Waals surface area contributed by atoms with Crippen LogP contribution < -0.4 is 5.32 Å². The average Bonchev–Trinajstić information content (AvgIpc) is 2.85. The normalized spacial score (nSPS) is 11.3. The second-order valence-corrected chi connectivity index (χ2v) is 3.83. The first-order valence-corrected chi connectivity index (χ1v) is 5.45. The quantitative estimate of drug-likeness (QED) is 0.929. The molecular formula is C13H10F3NO2. The maximum Gasteiger partial charge on any atom is 0.405 e. The molecule has 3 nitrogen and oxygen atoms in total. The molecule has 0 aliphatic heterocycles. The number of amides is 1. The Morgan fingerprint density at radius 2 is 1.84 bits per heavy atom. The summed E-state index contributed by atoms with van der Waals surface area (Å²) in [6.45, 7) is -1.39. The lowest BCUT2D eigenvalue weighted by molar-refractivity contribution is -0.123. The summed E-state index contributed by atoms with van der Waals surface area (Å²) in [5, 5.41) is 1.78. The van der Waals surface area contributed by atoms with E-state index in [4.69, 9.17) is 4.42 Å². The lowest BCUT2D eigenvalue weighted by Gasteiger charge is -2.08. The molecule has 0 radical (unpaired) electrons. The van der Waals surface area contributed by atoms with Crippen molar-refractivity contribution in [3.8, 4) is 11.1 Å². The van der Waals surface area contributed by atoms with Crippen LogP contribution in [-0.4, -0.2) is 18.6 Å². The van der Waals surface area contributed by atoms with E-state index in [1.54, 1.807) is 35.6 Å². The van der Waals surface area contributed by atoms with Gasteiger partial charge in [-0.3, -0.25) is 4.79 Å². The third-order valence-electron chi connectivity index (χ3n) is 2.41. The molecule has 2 aromatic rings. The lowest BCUT2D eigenvalue weighted by atomic mass is 10.1. The maximum atomic E-state index is 12.0. The molecule has 19 heavy (non-hydrogen) atoms. The minimum absolute atomic E-state index is 0.129. The van der Waals surface area contributed by atoms with E-state index in [-0.39, 0.29) is 5.76 Å². The Kier molecular flexibility index (Phi) is 3.59. The standard InChI is InChI=1S/C13H10F3NO2/c14-13(15,16)8-17-12(18)11-10(6-7-19-11)9-4-2-1-3-5-9/h1-7H,8H2,(H,17,18). The van der Waals surface area contributed by atoms with Crippen LogP contribution in [0.5, 0.6) is 0 Å². The summed E-state index contributed by atoms with van der Waals surface area (Å²) in [5.74, 6) is -1.02. The smallest absolute Gasteiger partial charge is 0.405 e. The molecule has 2 rings (SSSR count). The van der Waals surface area contributed by atoms with Crippen molar-refractivity contribution < 1.29 is 22.4 Å². The number of nitrogens with one attached hydrogen (secondary N) is 1. The molecule has 1 aromatic heterocycles. The van der Waals surface area contributed by atoms with Crippen LogP contribution in [0.1, 0.15) is 10.6 Å². The molecule has 0 fully saturated rings. The van der Waals surface area contributed by atoms with Gasteiger partial charge in [0.1, 0.15) is 6.54 Å². The molecule has 1 heterocycles. The van der Waals surface area contributed by atoms with Crippen LogP contribution in [-0.2, 0) is 0 Å². The van der Waals surface area contributed by atoms with Gasteiger partial charge in [-0.25, -0.2) is 0 Å². The molecule has 1 N–H and O–H groups in total. The summed E-state index contributed by atoms with van der Waals surface area (Å²) in [4.78, 5) is 11.6. The number of benzene rings is 1. The van der Waals surface area contributed by atoms with Gasteiger partial charge in [0, 0.05) is 5.56 Å². The van der Waals surface area contributed by atoms with Crippen molar-refractivity contribution in [2.45, 2.75) is 6.18 Å². The van der Waals surface area contributed by atoms with Gasteiger partial charge < -0.3 is 9.73 Å². The van der Waals surface area contributed by atoms with Crippen LogP contribution in [0.15, 0.2) is 47.1 Å². The van der Waals surface area contributed by atoms with Gasteiger partial charge in [0.15, 0.2) is 5.76 Å². The number of rotatable bonds is 3. The highest BCUT2D eigenvalue weighted by Gasteiger charge is 2.29. The van der Waals surface area contributed by atoms with Crippen LogP contribution in [0.4, 0.5) is 13.2 Å². The fraction of sp³-hybridized carbons (Fsp3) is 0.154. The van der Waals surface area contributed by atoms with Crippen LogP contribution in [0.25, 0.3) is 11.1 Å². The van der Waals surface area contributed by atoms with Gasteiger partial charge in [-0.2, -0.15) is 13.2 Å². The van der Waals surface area contributed by atoms with E-state index in [9.17, 15) is 18.0 Å². The molecule has 0 aliphatic rings. The Hall–Kier alpha value is -2.24. The molecule has 0 saturated heterocycles. The van der Waals surface area contributed by atoms with E-state index >= 15 is 0 Å². The predicted molar refractivity (Wildman–Crippen MR) is 62.5 cm³/mol. The van der Waals surface area contributed by atoms with Crippen LogP contribution in [0.3, 0.4) is 0 Å². The molecule has 1 aromatic carbocycles. The van der Waals surface area contributed by atoms with Gasteiger partial charge in [-0.15, -0.1) is 0 Å². The SMILES string of the molecule is O=C(NCC(F)(F)F)c1occc1-c1ccccc1. The zero-order valence-electron chi connectivity index (χ0n) is 9.70. The van der Waals surface area contributed by atoms with E-state index in [1.165, 1.54) is 12.3 Å². The van der Waals surface area contributed by atoms with Crippen molar-refractivity contribution in [2.75, 3.05) is 6.54 Å². The second kappa shape index (κ2) is 5.17. The Morgan fingerprint density at radius 1 is 1.16 bits per heavy atom. The zero-order chi connectivity index (χ0) is 13.9. The highest BCUT2D eigenvalue weighted by molar-refractivity contribution is 5.98. The van der Waals surface area contributed by atoms with Crippen molar-refractivity contribution in [1.82, 2.24) is 5.32 Å². The maximum absolute atomic E-state index is 12.0. The number of carbonyl (C=O) groups is 1. The van der Waals surface area contributed by atoms with Crippen molar-refractivity contribution in [3.05, 3.63) is 48.4 Å². The van der Waals surface area contributed by atoms with Gasteiger partial charge in [-0.05, 0) is 11.6 Å². The van der Waals surface area contributed by atoms with E-state index in [2.05, 4.69) is 0 Å². The minimum atomic E-state index is -4.45. The average molecular weight is 269 g/mol. The van der Waals surface area contributed by atoms with Crippen molar-refractivity contribution in [3.63, 3.8) is 0 Å². The number of furan rings is 1. The van der Waals surface area contributed by atoms with Gasteiger partial charge >= 0.3 is 6.18 Å². The third kappa shape index (κ3) is 3.37. The van der Waals surface area contributed by atoms with Crippen molar-refractivity contribution in [1.29, 1.82) is 0 Å². The first-order chi connectivity index (χ1) is 8.97. The van der Waals surface area contributed by atoms with E-state index in [0.717, 1.165) is 0 Å². The Labute approximate surface area is 107 Å². The lowest BCUT2D eigenvalue weighted by Crippen LogP contribution is -2.33. The summed E-state index contributed by atoms with van der Waals surface area (Å²) in [7, 11) is 0. The molecular weight excluding hydrogens is 259 g/mol. The van der Waals surface area contributed by atoms with Gasteiger partial charge in [0.25, 0.3) is 5.91 Å². The minimum Gasteiger partial charge on any atom is -0.459 e. The Balaban J connectivity index is 2.18. The predicted octanol–water partition coefficient (Wildman–Crippen LogP) is 3.24. The van der Waals surface area contributed by atoms with Crippen molar-refractivity contribution >= 4 is 5.91 Å². The number of carbonyl (C=O) groups excluding carboxylic acids is 1. The molecule has 0 spiro atoms. The topological polar surface area (TPSA) is 42.2 Å². The van der Waals surface area contributed by atoms with Crippen LogP contribution in [0, 0.1) is 0 Å². The van der Waals surface area contributed by atoms with Crippen LogP contribution >= 0.6 is 0 Å². The fourth-order valence-corrected chi connectivity index (χ4v) is 1.59. The first kappa shape index (κ1) is 13.2. The van der Waals surface area contributed by atoms with Crippen molar-refractivity contribution in [2.24, 2.45) is 0 Å². The fourth-order valence-electron chi connectivity index (χ4n) is 1.59. The summed E-state index contributed by atoms with van der Waals surface area (Å²) < 4.78 is 41.1. The molecule has 1 amide bonds. The molecule has 0 aliphatic carbocycles. The monoisotopic (exact) mass is 269 g/mol. The third-order valence-corrected chi connectivity index (χ3v) is 2.41.